The van der Waals surface area contributed by atoms with E-state index in [0.29, 0.717) is 33.6 Å². The van der Waals surface area contributed by atoms with Gasteiger partial charge in [-0.15, -0.1) is 11.6 Å². The Morgan fingerprint density at radius 2 is 2.00 bits per heavy atom. The minimum atomic E-state index is -1.49. The molecule has 2 unspecified atom stereocenters. The third-order valence-electron chi connectivity index (χ3n) is 6.07. The number of rotatable bonds is 9. The smallest absolute Gasteiger partial charge is 0.270 e. The van der Waals surface area contributed by atoms with Crippen LogP contribution in [0.4, 0.5) is 0 Å². The molecule has 38 heavy (non-hydrogen) atoms. The number of hydrogen-bond donors (Lipinski definition) is 2. The quantitative estimate of drug-likeness (QED) is 0.301. The first-order valence-electron chi connectivity index (χ1n) is 11.4. The molecule has 0 saturated carbocycles. The summed E-state index contributed by atoms with van der Waals surface area (Å²) >= 11 is 13.6. The third-order valence-corrected chi connectivity index (χ3v) is 6.98. The van der Waals surface area contributed by atoms with E-state index in [1.54, 1.807) is 30.4 Å². The van der Waals surface area contributed by atoms with Gasteiger partial charge in [-0.05, 0) is 34.9 Å². The molecule has 3 aromatic rings. The van der Waals surface area contributed by atoms with E-state index in [1.165, 1.54) is 32.7 Å². The molecule has 2 N–H and O–H groups in total. The molecule has 4 rings (SSSR count). The summed E-state index contributed by atoms with van der Waals surface area (Å²) in [5, 5.41) is 12.1. The van der Waals surface area contributed by atoms with Gasteiger partial charge in [-0.3, -0.25) is 14.6 Å². The number of pyridine rings is 1. The lowest BCUT2D eigenvalue weighted by Crippen LogP contribution is -2.53. The molecule has 0 spiro atoms. The highest BCUT2D eigenvalue weighted by Gasteiger charge is 2.46. The lowest BCUT2D eigenvalue weighted by Gasteiger charge is -2.38. The summed E-state index contributed by atoms with van der Waals surface area (Å²) < 4.78 is 10.5. The lowest BCUT2D eigenvalue weighted by molar-refractivity contribution is 0.0907. The number of hydrogen-bond acceptors (Lipinski definition) is 8. The zero-order valence-electron chi connectivity index (χ0n) is 20.5. The van der Waals surface area contributed by atoms with Crippen LogP contribution in [0.1, 0.15) is 43.4 Å². The van der Waals surface area contributed by atoms with Crippen molar-refractivity contribution in [3.8, 4) is 5.88 Å². The minimum Gasteiger partial charge on any atom is -0.480 e. The molecule has 0 saturated heterocycles. The van der Waals surface area contributed by atoms with E-state index in [2.05, 4.69) is 20.3 Å². The van der Waals surface area contributed by atoms with Crippen molar-refractivity contribution < 1.29 is 24.2 Å². The second kappa shape index (κ2) is 11.8. The molecular weight excluding hydrogens is 531 g/mol. The number of aliphatic hydroxyl groups is 1. The van der Waals surface area contributed by atoms with Crippen LogP contribution in [0.5, 0.6) is 5.88 Å². The number of carbonyl (C=O) groups excluding carboxylic acids is 2. The molecule has 2 aromatic heterocycles. The summed E-state index contributed by atoms with van der Waals surface area (Å²) in [5.74, 6) is -0.464. The van der Waals surface area contributed by atoms with Gasteiger partial charge in [0.05, 0.1) is 31.3 Å². The van der Waals surface area contributed by atoms with Crippen molar-refractivity contribution in [3.63, 3.8) is 0 Å². The van der Waals surface area contributed by atoms with Crippen molar-refractivity contribution in [3.05, 3.63) is 99.7 Å². The Bertz CT molecular complexity index is 1430. The number of halogens is 2. The molecule has 0 bridgehead atoms. The second-order valence-corrected chi connectivity index (χ2v) is 9.20. The van der Waals surface area contributed by atoms with Gasteiger partial charge in [0.2, 0.25) is 5.88 Å². The standard InChI is InChI=1S/C27H24Cl2N4O5/c1-37-15-16-10-22(30-11-17(16)13-34)24(36)33-27(26-31-12-18(14-35)25(32-26)38-2)9-5-7-20(23(27)29)19-6-3-4-8-21(19)28/h3-12,14,23,34H,13,15H2,1-2H3,(H,33,36). The van der Waals surface area contributed by atoms with Gasteiger partial charge in [0, 0.05) is 30.1 Å². The Morgan fingerprint density at radius 1 is 1.21 bits per heavy atom. The van der Waals surface area contributed by atoms with Crippen LogP contribution >= 0.6 is 23.2 Å². The Hall–Kier alpha value is -3.63. The molecule has 196 valence electrons. The summed E-state index contributed by atoms with van der Waals surface area (Å²) in [6.45, 7) is -0.0819. The van der Waals surface area contributed by atoms with Crippen LogP contribution in [0, 0.1) is 0 Å². The molecule has 2 atom stereocenters. The van der Waals surface area contributed by atoms with Gasteiger partial charge in [0.25, 0.3) is 5.91 Å². The van der Waals surface area contributed by atoms with E-state index in [-0.39, 0.29) is 36.2 Å². The number of benzene rings is 1. The summed E-state index contributed by atoms with van der Waals surface area (Å²) in [6, 6.07) is 8.72. The van der Waals surface area contributed by atoms with Crippen LogP contribution in [-0.2, 0) is 23.5 Å². The van der Waals surface area contributed by atoms with Crippen molar-refractivity contribution in [1.82, 2.24) is 20.3 Å². The largest absolute Gasteiger partial charge is 0.480 e. The summed E-state index contributed by atoms with van der Waals surface area (Å²) in [5.41, 5.74) is 1.14. The van der Waals surface area contributed by atoms with Crippen molar-refractivity contribution in [2.75, 3.05) is 14.2 Å². The summed E-state index contributed by atoms with van der Waals surface area (Å²) in [7, 11) is 2.88. The number of alkyl halides is 1. The van der Waals surface area contributed by atoms with E-state index in [1.807, 2.05) is 12.1 Å². The second-order valence-electron chi connectivity index (χ2n) is 8.35. The highest BCUT2D eigenvalue weighted by atomic mass is 35.5. The predicted octanol–water partition coefficient (Wildman–Crippen LogP) is 3.87. The molecular formula is C27H24Cl2N4O5. The summed E-state index contributed by atoms with van der Waals surface area (Å²) in [4.78, 5) is 38.1. The van der Waals surface area contributed by atoms with Gasteiger partial charge in [-0.2, -0.15) is 4.98 Å². The zero-order valence-corrected chi connectivity index (χ0v) is 22.0. The van der Waals surface area contributed by atoms with Crippen LogP contribution in [0.3, 0.4) is 0 Å². The molecule has 0 radical (unpaired) electrons. The lowest BCUT2D eigenvalue weighted by atomic mass is 9.82. The monoisotopic (exact) mass is 554 g/mol. The Kier molecular flexibility index (Phi) is 8.53. The summed E-state index contributed by atoms with van der Waals surface area (Å²) in [6.07, 6.45) is 8.47. The van der Waals surface area contributed by atoms with Crippen molar-refractivity contribution in [1.29, 1.82) is 0 Å². The first kappa shape index (κ1) is 27.4. The highest BCUT2D eigenvalue weighted by molar-refractivity contribution is 6.34. The van der Waals surface area contributed by atoms with Gasteiger partial charge in [-0.1, -0.05) is 42.0 Å². The molecule has 1 aliphatic carbocycles. The van der Waals surface area contributed by atoms with Gasteiger partial charge >= 0.3 is 0 Å². The number of aliphatic hydroxyl groups excluding tert-OH is 1. The first-order valence-corrected chi connectivity index (χ1v) is 12.2. The first-order chi connectivity index (χ1) is 18.4. The number of methoxy groups -OCH3 is 2. The van der Waals surface area contributed by atoms with Crippen LogP contribution in [-0.4, -0.2) is 51.8 Å². The highest BCUT2D eigenvalue weighted by Crippen LogP contribution is 2.42. The maximum atomic E-state index is 13.6. The average Bonchev–Trinajstić information content (AvgIpc) is 2.94. The number of carbonyl (C=O) groups is 2. The fourth-order valence-electron chi connectivity index (χ4n) is 4.14. The fourth-order valence-corrected chi connectivity index (χ4v) is 4.80. The number of ether oxygens (including phenoxy) is 2. The molecule has 9 nitrogen and oxygen atoms in total. The van der Waals surface area contributed by atoms with Gasteiger partial charge < -0.3 is 19.9 Å². The van der Waals surface area contributed by atoms with Crippen molar-refractivity contribution >= 4 is 41.0 Å². The van der Waals surface area contributed by atoms with Crippen molar-refractivity contribution in [2.24, 2.45) is 0 Å². The number of aldehydes is 1. The maximum Gasteiger partial charge on any atom is 0.270 e. The molecule has 1 aromatic carbocycles. The van der Waals surface area contributed by atoms with Gasteiger partial charge in [-0.25, -0.2) is 4.98 Å². The number of nitrogens with one attached hydrogen (secondary N) is 1. The van der Waals surface area contributed by atoms with Crippen LogP contribution in [0.15, 0.2) is 61.0 Å². The van der Waals surface area contributed by atoms with Crippen LogP contribution in [0.25, 0.3) is 5.57 Å². The van der Waals surface area contributed by atoms with E-state index >= 15 is 0 Å². The van der Waals surface area contributed by atoms with Crippen LogP contribution < -0.4 is 10.1 Å². The maximum absolute atomic E-state index is 13.6. The predicted molar refractivity (Wildman–Crippen MR) is 142 cm³/mol. The molecule has 1 aliphatic rings. The van der Waals surface area contributed by atoms with E-state index in [9.17, 15) is 14.7 Å². The van der Waals surface area contributed by atoms with Gasteiger partial charge in [0.1, 0.15) is 11.2 Å². The molecule has 2 heterocycles. The third kappa shape index (κ3) is 5.19. The Balaban J connectivity index is 1.83. The topological polar surface area (TPSA) is 124 Å². The number of nitrogens with zero attached hydrogens (tertiary/aromatic N) is 3. The molecule has 1 amide bonds. The SMILES string of the molecule is COCc1cc(C(=O)NC2(c3ncc(C=O)c(OC)n3)C=CC=C(c3ccccc3Cl)C2Cl)ncc1CO. The van der Waals surface area contributed by atoms with E-state index < -0.39 is 16.8 Å². The van der Waals surface area contributed by atoms with E-state index in [0.717, 1.165) is 0 Å². The Labute approximate surface area is 229 Å². The van der Waals surface area contributed by atoms with Crippen LogP contribution in [0.2, 0.25) is 5.02 Å². The average molecular weight is 555 g/mol. The molecule has 0 aliphatic heterocycles. The van der Waals surface area contributed by atoms with E-state index in [4.69, 9.17) is 32.7 Å². The number of aromatic nitrogens is 3. The molecule has 11 heteroatoms. The zero-order chi connectivity index (χ0) is 27.3. The number of amides is 1. The van der Waals surface area contributed by atoms with Crippen molar-refractivity contribution in [2.45, 2.75) is 24.1 Å². The van der Waals surface area contributed by atoms with Gasteiger partial charge in [0.15, 0.2) is 12.1 Å². The fraction of sp³-hybridized carbons (Fsp3) is 0.222. The minimum absolute atomic E-state index is 0.0255. The number of allylic oxidation sites excluding steroid dienone is 2. The Morgan fingerprint density at radius 3 is 2.68 bits per heavy atom. The molecule has 0 fully saturated rings. The normalized spacial score (nSPS) is 18.6.